The lowest BCUT2D eigenvalue weighted by molar-refractivity contribution is 0.0823. The molecule has 0 amide bonds. The maximum Gasteiger partial charge on any atom is 0.00416 e. The molecule has 0 radical (unpaired) electrons. The molecule has 10 unspecified atom stereocenters. The zero-order valence-corrected chi connectivity index (χ0v) is 14.9. The summed E-state index contributed by atoms with van der Waals surface area (Å²) in [6.45, 7) is 12.2. The molecule has 0 aromatic rings. The Bertz CT molecular complexity index is 361. The Kier molecular flexibility index (Phi) is 4.43. The van der Waals surface area contributed by atoms with E-state index in [1.54, 1.807) is 0 Å². The Morgan fingerprint density at radius 3 is 2.14 bits per heavy atom. The summed E-state index contributed by atoms with van der Waals surface area (Å²) in [7, 11) is 0. The van der Waals surface area contributed by atoms with Gasteiger partial charge in [0.1, 0.15) is 0 Å². The van der Waals surface area contributed by atoms with Crippen LogP contribution in [-0.2, 0) is 0 Å². The highest BCUT2D eigenvalue weighted by Gasteiger charge is 2.56. The molecule has 1 nitrogen and oxygen atoms in total. The van der Waals surface area contributed by atoms with E-state index in [2.05, 4.69) is 34.6 Å². The first kappa shape index (κ1) is 15.8. The fraction of sp³-hybridized carbons (Fsp3) is 1.00. The van der Waals surface area contributed by atoms with Gasteiger partial charge in [0.2, 0.25) is 0 Å². The van der Waals surface area contributed by atoms with Gasteiger partial charge in [-0.2, -0.15) is 0 Å². The standard InChI is InChI=1S/C20H37N/c1-6-15-11(3)8-19(16(15)7-2)20-12(4)17-9-14(20)10-18(17)13(5)21/h11-20H,6-10,21H2,1-5H3. The molecule has 3 fully saturated rings. The summed E-state index contributed by atoms with van der Waals surface area (Å²) >= 11 is 0. The Hall–Kier alpha value is -0.0400. The molecule has 3 rings (SSSR count). The fourth-order valence-electron chi connectivity index (χ4n) is 7.39. The van der Waals surface area contributed by atoms with Gasteiger partial charge in [-0.25, -0.2) is 0 Å². The normalized spacial score (nSPS) is 54.3. The molecule has 0 aliphatic heterocycles. The van der Waals surface area contributed by atoms with Gasteiger partial charge in [-0.3, -0.25) is 0 Å². The van der Waals surface area contributed by atoms with Crippen molar-refractivity contribution in [3.8, 4) is 0 Å². The minimum absolute atomic E-state index is 0.413. The summed E-state index contributed by atoms with van der Waals surface area (Å²) < 4.78 is 0. The van der Waals surface area contributed by atoms with Crippen LogP contribution in [0.4, 0.5) is 0 Å². The molecule has 0 heterocycles. The van der Waals surface area contributed by atoms with Crippen molar-refractivity contribution in [1.29, 1.82) is 0 Å². The number of rotatable bonds is 4. The van der Waals surface area contributed by atoms with Crippen molar-refractivity contribution in [3.63, 3.8) is 0 Å². The third-order valence-electron chi connectivity index (χ3n) is 8.11. The van der Waals surface area contributed by atoms with E-state index < -0.39 is 0 Å². The van der Waals surface area contributed by atoms with Crippen LogP contribution in [0.2, 0.25) is 0 Å². The smallest absolute Gasteiger partial charge is 0.00416 e. The number of nitrogens with two attached hydrogens (primary N) is 1. The predicted octanol–water partition coefficient (Wildman–Crippen LogP) is 4.95. The number of hydrogen-bond donors (Lipinski definition) is 1. The Morgan fingerprint density at radius 1 is 0.952 bits per heavy atom. The van der Waals surface area contributed by atoms with Gasteiger partial charge in [-0.15, -0.1) is 0 Å². The number of hydrogen-bond acceptors (Lipinski definition) is 1. The van der Waals surface area contributed by atoms with E-state index in [0.29, 0.717) is 6.04 Å². The molecule has 1 heteroatoms. The van der Waals surface area contributed by atoms with Gasteiger partial charge in [0.05, 0.1) is 0 Å². The van der Waals surface area contributed by atoms with Crippen molar-refractivity contribution < 1.29 is 0 Å². The molecule has 0 spiro atoms. The molecule has 0 saturated heterocycles. The molecule has 122 valence electrons. The first-order valence-corrected chi connectivity index (χ1v) is 9.75. The Balaban J connectivity index is 1.77. The summed E-state index contributed by atoms with van der Waals surface area (Å²) in [5.74, 6) is 8.70. The molecule has 3 aliphatic carbocycles. The van der Waals surface area contributed by atoms with Gasteiger partial charge >= 0.3 is 0 Å². The minimum Gasteiger partial charge on any atom is -0.328 e. The molecule has 2 bridgehead atoms. The molecule has 10 atom stereocenters. The van der Waals surface area contributed by atoms with Gasteiger partial charge in [0.25, 0.3) is 0 Å². The van der Waals surface area contributed by atoms with Gasteiger partial charge in [-0.1, -0.05) is 40.5 Å². The van der Waals surface area contributed by atoms with Gasteiger partial charge in [-0.05, 0) is 79.4 Å². The van der Waals surface area contributed by atoms with E-state index in [-0.39, 0.29) is 0 Å². The monoisotopic (exact) mass is 291 g/mol. The summed E-state index contributed by atoms with van der Waals surface area (Å²) in [6.07, 6.45) is 7.25. The maximum atomic E-state index is 6.26. The quantitative estimate of drug-likeness (QED) is 0.779. The lowest BCUT2D eigenvalue weighted by Crippen LogP contribution is -2.39. The summed E-state index contributed by atoms with van der Waals surface area (Å²) in [5, 5.41) is 0. The van der Waals surface area contributed by atoms with Crippen molar-refractivity contribution in [2.24, 2.45) is 59.0 Å². The van der Waals surface area contributed by atoms with Crippen molar-refractivity contribution >= 4 is 0 Å². The van der Waals surface area contributed by atoms with E-state index in [1.807, 2.05) is 0 Å². The second kappa shape index (κ2) is 5.87. The molecule has 0 aromatic carbocycles. The first-order chi connectivity index (χ1) is 9.99. The molecule has 21 heavy (non-hydrogen) atoms. The van der Waals surface area contributed by atoms with Gasteiger partial charge in [0.15, 0.2) is 0 Å². The summed E-state index contributed by atoms with van der Waals surface area (Å²) in [5.41, 5.74) is 6.26. The molecule has 2 N–H and O–H groups in total. The zero-order chi connectivity index (χ0) is 15.3. The van der Waals surface area contributed by atoms with E-state index in [1.165, 1.54) is 32.1 Å². The van der Waals surface area contributed by atoms with Crippen LogP contribution in [0.3, 0.4) is 0 Å². The van der Waals surface area contributed by atoms with Crippen molar-refractivity contribution in [1.82, 2.24) is 0 Å². The third-order valence-corrected chi connectivity index (χ3v) is 8.11. The van der Waals surface area contributed by atoms with Crippen LogP contribution < -0.4 is 5.73 Å². The average molecular weight is 292 g/mol. The van der Waals surface area contributed by atoms with E-state index in [0.717, 1.165) is 53.3 Å². The Labute approximate surface area is 132 Å². The molecule has 3 aliphatic rings. The van der Waals surface area contributed by atoms with Crippen LogP contribution >= 0.6 is 0 Å². The zero-order valence-electron chi connectivity index (χ0n) is 14.9. The van der Waals surface area contributed by atoms with Crippen LogP contribution in [0.15, 0.2) is 0 Å². The third kappa shape index (κ3) is 2.38. The fourth-order valence-corrected chi connectivity index (χ4v) is 7.39. The highest BCUT2D eigenvalue weighted by molar-refractivity contribution is 5.05. The topological polar surface area (TPSA) is 26.0 Å². The molecular formula is C20H37N. The van der Waals surface area contributed by atoms with Crippen LogP contribution in [0.5, 0.6) is 0 Å². The largest absolute Gasteiger partial charge is 0.328 e. The van der Waals surface area contributed by atoms with E-state index in [9.17, 15) is 0 Å². The molecule has 0 aromatic heterocycles. The van der Waals surface area contributed by atoms with Crippen LogP contribution in [0, 0.1) is 53.3 Å². The highest BCUT2D eigenvalue weighted by atomic mass is 14.7. The first-order valence-electron chi connectivity index (χ1n) is 9.75. The van der Waals surface area contributed by atoms with Crippen molar-refractivity contribution in [3.05, 3.63) is 0 Å². The second-order valence-corrected chi connectivity index (χ2v) is 8.88. The lowest BCUT2D eigenvalue weighted by Gasteiger charge is -2.41. The van der Waals surface area contributed by atoms with E-state index >= 15 is 0 Å². The van der Waals surface area contributed by atoms with Gasteiger partial charge in [0, 0.05) is 6.04 Å². The second-order valence-electron chi connectivity index (χ2n) is 8.88. The Morgan fingerprint density at radius 2 is 1.62 bits per heavy atom. The average Bonchev–Trinajstić information content (AvgIpc) is 3.08. The summed E-state index contributed by atoms with van der Waals surface area (Å²) in [6, 6.07) is 0.413. The SMILES string of the molecule is CCC1C(C)CC(C2C3CC(C(C)N)C(C3)C2C)C1CC. The highest BCUT2D eigenvalue weighted by Crippen LogP contribution is 2.62. The summed E-state index contributed by atoms with van der Waals surface area (Å²) in [4.78, 5) is 0. The van der Waals surface area contributed by atoms with Gasteiger partial charge < -0.3 is 5.73 Å². The van der Waals surface area contributed by atoms with Crippen LogP contribution in [0.25, 0.3) is 0 Å². The molecule has 3 saturated carbocycles. The predicted molar refractivity (Wildman–Crippen MR) is 90.8 cm³/mol. The molecular weight excluding hydrogens is 254 g/mol. The maximum absolute atomic E-state index is 6.26. The van der Waals surface area contributed by atoms with Crippen LogP contribution in [-0.4, -0.2) is 6.04 Å². The lowest BCUT2D eigenvalue weighted by atomic mass is 9.65. The van der Waals surface area contributed by atoms with Crippen molar-refractivity contribution in [2.75, 3.05) is 0 Å². The van der Waals surface area contributed by atoms with E-state index in [4.69, 9.17) is 5.73 Å². The van der Waals surface area contributed by atoms with Crippen LogP contribution in [0.1, 0.15) is 66.7 Å². The minimum atomic E-state index is 0.413. The van der Waals surface area contributed by atoms with Crippen molar-refractivity contribution in [2.45, 2.75) is 72.8 Å². The number of fused-ring (bicyclic) bond motifs is 2.